The number of benzene rings is 2. The van der Waals surface area contributed by atoms with Gasteiger partial charge < -0.3 is 9.64 Å². The Kier molecular flexibility index (Phi) is 6.33. The first-order valence-electron chi connectivity index (χ1n) is 11.1. The molecule has 2 aliphatic heterocycles. The fraction of sp³-hybridized carbons (Fsp3) is 0.280. The molecule has 0 unspecified atom stereocenters. The SMILES string of the molecule is COC(=O)c1ccc(CN2C(=O)C3(CCN(S(=O)(=O)c4cccs4)CC3)c3cc(Br)ccc32)cc1. The maximum atomic E-state index is 13.9. The molecule has 0 N–H and O–H groups in total. The number of piperidine rings is 1. The van der Waals surface area contributed by atoms with Crippen LogP contribution in [0.4, 0.5) is 5.69 Å². The highest BCUT2D eigenvalue weighted by molar-refractivity contribution is 9.10. The number of anilines is 1. The number of amides is 1. The average molecular weight is 576 g/mol. The van der Waals surface area contributed by atoms with E-state index in [0.717, 1.165) is 21.3 Å². The van der Waals surface area contributed by atoms with Crippen molar-refractivity contribution >= 4 is 54.9 Å². The van der Waals surface area contributed by atoms with E-state index >= 15 is 0 Å². The minimum absolute atomic E-state index is 0.0178. The molecule has 1 amide bonds. The van der Waals surface area contributed by atoms with Crippen LogP contribution in [0.25, 0.3) is 0 Å². The minimum atomic E-state index is -3.56. The molecule has 0 aliphatic carbocycles. The quantitative estimate of drug-likeness (QED) is 0.417. The van der Waals surface area contributed by atoms with Gasteiger partial charge in [-0.2, -0.15) is 4.31 Å². The predicted molar refractivity (Wildman–Crippen MR) is 137 cm³/mol. The van der Waals surface area contributed by atoms with Crippen molar-refractivity contribution in [3.05, 3.63) is 81.1 Å². The fourth-order valence-electron chi connectivity index (χ4n) is 4.94. The van der Waals surface area contributed by atoms with E-state index < -0.39 is 21.4 Å². The topological polar surface area (TPSA) is 84.0 Å². The van der Waals surface area contributed by atoms with Crippen molar-refractivity contribution in [1.29, 1.82) is 0 Å². The standard InChI is InChI=1S/C25H23BrN2O5S2/c1-33-23(29)18-6-4-17(5-7-18)16-28-21-9-8-19(26)15-20(21)25(24(28)30)10-12-27(13-11-25)35(31,32)22-3-2-14-34-22/h2-9,14-15H,10-13,16H2,1H3. The Hall–Kier alpha value is -2.53. The molecule has 1 aromatic heterocycles. The number of sulfonamides is 1. The maximum absolute atomic E-state index is 13.9. The molecule has 2 aliphatic rings. The number of fused-ring (bicyclic) bond motifs is 2. The van der Waals surface area contributed by atoms with Gasteiger partial charge in [-0.15, -0.1) is 11.3 Å². The summed E-state index contributed by atoms with van der Waals surface area (Å²) in [6.45, 7) is 0.910. The number of rotatable bonds is 5. The zero-order chi connectivity index (χ0) is 24.8. The summed E-state index contributed by atoms with van der Waals surface area (Å²) in [6, 6.07) is 16.2. The molecule has 0 atom stereocenters. The van der Waals surface area contributed by atoms with Gasteiger partial charge in [-0.3, -0.25) is 4.79 Å². The lowest BCUT2D eigenvalue weighted by Gasteiger charge is -2.37. The second kappa shape index (κ2) is 9.16. The smallest absolute Gasteiger partial charge is 0.337 e. The van der Waals surface area contributed by atoms with Crippen molar-refractivity contribution in [1.82, 2.24) is 4.31 Å². The first kappa shape index (κ1) is 24.2. The van der Waals surface area contributed by atoms with Crippen LogP contribution in [0.3, 0.4) is 0 Å². The second-order valence-electron chi connectivity index (χ2n) is 8.66. The first-order chi connectivity index (χ1) is 16.8. The van der Waals surface area contributed by atoms with Gasteiger partial charge in [0.1, 0.15) is 4.21 Å². The molecule has 1 fully saturated rings. The molecule has 5 rings (SSSR count). The van der Waals surface area contributed by atoms with Crippen LogP contribution >= 0.6 is 27.3 Å². The number of methoxy groups -OCH3 is 1. The Morgan fingerprint density at radius 2 is 1.83 bits per heavy atom. The van der Waals surface area contributed by atoms with E-state index in [0.29, 0.717) is 29.2 Å². The normalized spacial score (nSPS) is 17.5. The first-order valence-corrected chi connectivity index (χ1v) is 14.2. The number of esters is 1. The van der Waals surface area contributed by atoms with Gasteiger partial charge in [0, 0.05) is 23.2 Å². The molecule has 1 spiro atoms. The average Bonchev–Trinajstić information content (AvgIpc) is 3.49. The molecule has 3 heterocycles. The van der Waals surface area contributed by atoms with Crippen molar-refractivity contribution in [2.75, 3.05) is 25.1 Å². The highest BCUT2D eigenvalue weighted by Gasteiger charge is 2.53. The van der Waals surface area contributed by atoms with Crippen molar-refractivity contribution in [2.45, 2.75) is 29.0 Å². The lowest BCUT2D eigenvalue weighted by Crippen LogP contribution is -2.49. The Labute approximate surface area is 216 Å². The van der Waals surface area contributed by atoms with Crippen molar-refractivity contribution in [3.8, 4) is 0 Å². The summed E-state index contributed by atoms with van der Waals surface area (Å²) >= 11 is 4.75. The Bertz CT molecular complexity index is 1380. The predicted octanol–water partition coefficient (Wildman–Crippen LogP) is 4.57. The highest BCUT2D eigenvalue weighted by atomic mass is 79.9. The van der Waals surface area contributed by atoms with Crippen LogP contribution in [-0.4, -0.2) is 44.8 Å². The third-order valence-corrected chi connectivity index (χ3v) is 10.6. The summed E-state index contributed by atoms with van der Waals surface area (Å²) in [4.78, 5) is 27.5. The van der Waals surface area contributed by atoms with E-state index in [2.05, 4.69) is 15.9 Å². The molecular weight excluding hydrogens is 552 g/mol. The number of ether oxygens (including phenoxy) is 1. The number of hydrogen-bond donors (Lipinski definition) is 0. The third-order valence-electron chi connectivity index (χ3n) is 6.80. The van der Waals surface area contributed by atoms with E-state index in [1.165, 1.54) is 22.8 Å². The van der Waals surface area contributed by atoms with Crippen LogP contribution in [0.1, 0.15) is 34.3 Å². The zero-order valence-corrected chi connectivity index (χ0v) is 22.2. The van der Waals surface area contributed by atoms with Gasteiger partial charge in [-0.05, 0) is 65.7 Å². The molecule has 0 radical (unpaired) electrons. The number of thiophene rings is 1. The Balaban J connectivity index is 1.43. The molecule has 2 aromatic carbocycles. The number of nitrogens with zero attached hydrogens (tertiary/aromatic N) is 2. The van der Waals surface area contributed by atoms with Crippen molar-refractivity contribution < 1.29 is 22.7 Å². The third kappa shape index (κ3) is 4.12. The Morgan fingerprint density at radius 3 is 2.46 bits per heavy atom. The summed E-state index contributed by atoms with van der Waals surface area (Å²) in [5.74, 6) is -0.428. The summed E-state index contributed by atoms with van der Waals surface area (Å²) in [5.41, 5.74) is 2.33. The van der Waals surface area contributed by atoms with Gasteiger partial charge in [-0.1, -0.05) is 34.1 Å². The molecule has 10 heteroatoms. The van der Waals surface area contributed by atoms with Gasteiger partial charge in [0.15, 0.2) is 0 Å². The number of halogens is 1. The monoisotopic (exact) mass is 574 g/mol. The molecule has 182 valence electrons. The summed E-state index contributed by atoms with van der Waals surface area (Å²) in [5, 5.41) is 1.75. The Morgan fingerprint density at radius 1 is 1.11 bits per heavy atom. The van der Waals surface area contributed by atoms with Gasteiger partial charge in [0.25, 0.3) is 10.0 Å². The minimum Gasteiger partial charge on any atom is -0.465 e. The van der Waals surface area contributed by atoms with Crippen LogP contribution in [0.15, 0.2) is 68.7 Å². The molecule has 0 saturated carbocycles. The molecule has 35 heavy (non-hydrogen) atoms. The molecule has 1 saturated heterocycles. The number of carbonyl (C=O) groups excluding carboxylic acids is 2. The van der Waals surface area contributed by atoms with E-state index in [9.17, 15) is 18.0 Å². The van der Waals surface area contributed by atoms with Gasteiger partial charge in [-0.25, -0.2) is 13.2 Å². The van der Waals surface area contributed by atoms with E-state index in [-0.39, 0.29) is 19.0 Å². The number of carbonyl (C=O) groups is 2. The molecule has 7 nitrogen and oxygen atoms in total. The fourth-order valence-corrected chi connectivity index (χ4v) is 7.89. The van der Waals surface area contributed by atoms with Crippen LogP contribution in [0.2, 0.25) is 0 Å². The van der Waals surface area contributed by atoms with Crippen LogP contribution in [0.5, 0.6) is 0 Å². The lowest BCUT2D eigenvalue weighted by molar-refractivity contribution is -0.124. The lowest BCUT2D eigenvalue weighted by atomic mass is 9.74. The van der Waals surface area contributed by atoms with Gasteiger partial charge >= 0.3 is 5.97 Å². The molecule has 0 bridgehead atoms. The van der Waals surface area contributed by atoms with Crippen molar-refractivity contribution in [2.24, 2.45) is 0 Å². The van der Waals surface area contributed by atoms with Crippen molar-refractivity contribution in [3.63, 3.8) is 0 Å². The maximum Gasteiger partial charge on any atom is 0.337 e. The zero-order valence-electron chi connectivity index (χ0n) is 18.9. The number of hydrogen-bond acceptors (Lipinski definition) is 6. The second-order valence-corrected chi connectivity index (χ2v) is 12.7. The van der Waals surface area contributed by atoms with Crippen LogP contribution < -0.4 is 4.90 Å². The van der Waals surface area contributed by atoms with E-state index in [1.807, 2.05) is 30.3 Å². The summed E-state index contributed by atoms with van der Waals surface area (Å²) < 4.78 is 33.5. The summed E-state index contributed by atoms with van der Waals surface area (Å²) in [7, 11) is -2.23. The van der Waals surface area contributed by atoms with E-state index in [4.69, 9.17) is 4.74 Å². The van der Waals surface area contributed by atoms with Gasteiger partial charge in [0.2, 0.25) is 5.91 Å². The molecular formula is C25H23BrN2O5S2. The largest absolute Gasteiger partial charge is 0.465 e. The van der Waals surface area contributed by atoms with E-state index in [1.54, 1.807) is 34.5 Å². The van der Waals surface area contributed by atoms with Crippen LogP contribution in [-0.2, 0) is 31.5 Å². The molecule has 3 aromatic rings. The van der Waals surface area contributed by atoms with Gasteiger partial charge in [0.05, 0.1) is 24.6 Å². The highest BCUT2D eigenvalue weighted by Crippen LogP contribution is 2.49. The summed E-state index contributed by atoms with van der Waals surface area (Å²) in [6.07, 6.45) is 0.829. The van der Waals surface area contributed by atoms with Crippen LogP contribution in [0, 0.1) is 0 Å².